The van der Waals surface area contributed by atoms with Crippen molar-refractivity contribution in [2.75, 3.05) is 5.73 Å². The number of benzene rings is 2. The molecule has 3 rings (SSSR count). The largest absolute Gasteiger partial charge is 0.508 e. The number of nitrogens with zero attached hydrogens (tertiary/aromatic N) is 1. The Kier molecular flexibility index (Phi) is 4.38. The second-order valence-electron chi connectivity index (χ2n) is 6.44. The average Bonchev–Trinajstić information content (AvgIpc) is 2.60. The van der Waals surface area contributed by atoms with Crippen LogP contribution >= 0.6 is 0 Å². The first-order valence-corrected chi connectivity index (χ1v) is 8.25. The predicted octanol–water partition coefficient (Wildman–Crippen LogP) is 3.73. The van der Waals surface area contributed by atoms with Crippen LogP contribution in [0, 0.1) is 20.8 Å². The van der Waals surface area contributed by atoms with Gasteiger partial charge in [0.25, 0.3) is 5.91 Å². The molecule has 0 aliphatic heterocycles. The van der Waals surface area contributed by atoms with E-state index in [9.17, 15) is 9.90 Å². The van der Waals surface area contributed by atoms with Gasteiger partial charge in [0.2, 0.25) is 0 Å². The first-order chi connectivity index (χ1) is 12.3. The molecule has 0 aliphatic rings. The number of nitrogens with two attached hydrogens (primary N) is 2. The molecule has 0 fully saturated rings. The van der Waals surface area contributed by atoms with E-state index < -0.39 is 5.91 Å². The fraction of sp³-hybridized carbons (Fsp3) is 0.143. The number of aromatic nitrogens is 1. The molecule has 3 aromatic rings. The van der Waals surface area contributed by atoms with Crippen LogP contribution in [0.4, 0.5) is 5.69 Å². The number of nitrogen functional groups attached to an aromatic ring is 1. The molecule has 0 aliphatic carbocycles. The SMILES string of the molecule is Cc1cnccc1-c1cc(C(N)=O)c(N)c(-c2c(C)ccc(O)c2C)c1. The van der Waals surface area contributed by atoms with E-state index in [-0.39, 0.29) is 11.3 Å². The van der Waals surface area contributed by atoms with Crippen molar-refractivity contribution in [3.05, 3.63) is 65.0 Å². The van der Waals surface area contributed by atoms with Crippen LogP contribution < -0.4 is 11.5 Å². The molecule has 0 atom stereocenters. The van der Waals surface area contributed by atoms with Gasteiger partial charge in [0.15, 0.2) is 0 Å². The fourth-order valence-electron chi connectivity index (χ4n) is 3.27. The molecule has 26 heavy (non-hydrogen) atoms. The van der Waals surface area contributed by atoms with Crippen molar-refractivity contribution in [2.24, 2.45) is 5.73 Å². The molecular weight excluding hydrogens is 326 g/mol. The van der Waals surface area contributed by atoms with Gasteiger partial charge in [-0.25, -0.2) is 0 Å². The Hall–Kier alpha value is -3.34. The van der Waals surface area contributed by atoms with E-state index in [1.807, 2.05) is 39.0 Å². The molecule has 0 unspecified atom stereocenters. The molecule has 2 aromatic carbocycles. The quantitative estimate of drug-likeness (QED) is 0.628. The highest BCUT2D eigenvalue weighted by atomic mass is 16.3. The van der Waals surface area contributed by atoms with Crippen molar-refractivity contribution in [3.8, 4) is 28.0 Å². The number of hydrogen-bond acceptors (Lipinski definition) is 4. The van der Waals surface area contributed by atoms with Crippen LogP contribution in [0.3, 0.4) is 0 Å². The third-order valence-corrected chi connectivity index (χ3v) is 4.69. The molecule has 132 valence electrons. The van der Waals surface area contributed by atoms with Crippen LogP contribution in [0.25, 0.3) is 22.3 Å². The van der Waals surface area contributed by atoms with Gasteiger partial charge in [-0.3, -0.25) is 9.78 Å². The minimum Gasteiger partial charge on any atom is -0.508 e. The van der Waals surface area contributed by atoms with Gasteiger partial charge in [0, 0.05) is 18.0 Å². The first-order valence-electron chi connectivity index (χ1n) is 8.25. The van der Waals surface area contributed by atoms with Gasteiger partial charge in [-0.1, -0.05) is 6.07 Å². The van der Waals surface area contributed by atoms with Crippen LogP contribution in [-0.4, -0.2) is 16.0 Å². The van der Waals surface area contributed by atoms with E-state index >= 15 is 0 Å². The molecular formula is C21H21N3O2. The van der Waals surface area contributed by atoms with E-state index in [1.165, 1.54) is 0 Å². The number of rotatable bonds is 3. The summed E-state index contributed by atoms with van der Waals surface area (Å²) in [5, 5.41) is 10.1. The molecule has 1 heterocycles. The lowest BCUT2D eigenvalue weighted by Gasteiger charge is -2.18. The molecule has 5 heteroatoms. The average molecular weight is 347 g/mol. The molecule has 0 bridgehead atoms. The zero-order chi connectivity index (χ0) is 19.0. The number of carbonyl (C=O) groups excluding carboxylic acids is 1. The highest BCUT2D eigenvalue weighted by molar-refractivity contribution is 6.04. The van der Waals surface area contributed by atoms with E-state index in [2.05, 4.69) is 4.98 Å². The first kappa shape index (κ1) is 17.5. The van der Waals surface area contributed by atoms with Crippen LogP contribution in [0.2, 0.25) is 0 Å². The smallest absolute Gasteiger partial charge is 0.250 e. The minimum atomic E-state index is -0.590. The lowest BCUT2D eigenvalue weighted by Crippen LogP contribution is -2.14. The zero-order valence-electron chi connectivity index (χ0n) is 15.0. The number of anilines is 1. The highest BCUT2D eigenvalue weighted by Gasteiger charge is 2.19. The van der Waals surface area contributed by atoms with Gasteiger partial charge >= 0.3 is 0 Å². The summed E-state index contributed by atoms with van der Waals surface area (Å²) < 4.78 is 0. The maximum Gasteiger partial charge on any atom is 0.250 e. The van der Waals surface area contributed by atoms with E-state index in [0.717, 1.165) is 27.8 Å². The van der Waals surface area contributed by atoms with E-state index in [0.29, 0.717) is 16.8 Å². The molecule has 0 spiro atoms. The summed E-state index contributed by atoms with van der Waals surface area (Å²) in [4.78, 5) is 16.1. The predicted molar refractivity (Wildman–Crippen MR) is 104 cm³/mol. The summed E-state index contributed by atoms with van der Waals surface area (Å²) in [6, 6.07) is 9.00. The number of pyridine rings is 1. The summed E-state index contributed by atoms with van der Waals surface area (Å²) in [6.07, 6.45) is 3.47. The number of carbonyl (C=O) groups is 1. The van der Waals surface area contributed by atoms with Gasteiger partial charge in [0.05, 0.1) is 11.3 Å². The van der Waals surface area contributed by atoms with E-state index in [1.54, 1.807) is 24.5 Å². The van der Waals surface area contributed by atoms with E-state index in [4.69, 9.17) is 11.5 Å². The van der Waals surface area contributed by atoms with Crippen molar-refractivity contribution in [1.29, 1.82) is 0 Å². The maximum atomic E-state index is 12.0. The summed E-state index contributed by atoms with van der Waals surface area (Å²) in [5.41, 5.74) is 18.3. The molecule has 0 saturated carbocycles. The summed E-state index contributed by atoms with van der Waals surface area (Å²) in [6.45, 7) is 5.72. The Morgan fingerprint density at radius 1 is 1.04 bits per heavy atom. The van der Waals surface area contributed by atoms with Gasteiger partial charge in [0.1, 0.15) is 5.75 Å². The Bertz CT molecular complexity index is 1030. The number of phenols is 1. The molecule has 0 saturated heterocycles. The van der Waals surface area contributed by atoms with Gasteiger partial charge in [-0.2, -0.15) is 0 Å². The number of hydrogen-bond donors (Lipinski definition) is 3. The third-order valence-electron chi connectivity index (χ3n) is 4.69. The molecule has 5 nitrogen and oxygen atoms in total. The van der Waals surface area contributed by atoms with Gasteiger partial charge in [-0.05, 0) is 78.4 Å². The second-order valence-corrected chi connectivity index (χ2v) is 6.44. The summed E-state index contributed by atoms with van der Waals surface area (Å²) >= 11 is 0. The topological polar surface area (TPSA) is 102 Å². The molecule has 1 amide bonds. The molecule has 0 radical (unpaired) electrons. The Morgan fingerprint density at radius 2 is 1.77 bits per heavy atom. The van der Waals surface area contributed by atoms with Crippen LogP contribution in [-0.2, 0) is 0 Å². The maximum absolute atomic E-state index is 12.0. The molecule has 5 N–H and O–H groups in total. The summed E-state index contributed by atoms with van der Waals surface area (Å²) in [7, 11) is 0. The normalized spacial score (nSPS) is 10.7. The van der Waals surface area contributed by atoms with Gasteiger partial charge in [-0.15, -0.1) is 0 Å². The van der Waals surface area contributed by atoms with Crippen LogP contribution in [0.5, 0.6) is 5.75 Å². The number of aryl methyl sites for hydroxylation is 2. The highest BCUT2D eigenvalue weighted by Crippen LogP contribution is 2.40. The van der Waals surface area contributed by atoms with Crippen molar-refractivity contribution >= 4 is 11.6 Å². The second kappa shape index (κ2) is 6.52. The Morgan fingerprint density at radius 3 is 2.42 bits per heavy atom. The van der Waals surface area contributed by atoms with Gasteiger partial charge < -0.3 is 16.6 Å². The van der Waals surface area contributed by atoms with Crippen LogP contribution in [0.1, 0.15) is 27.0 Å². The number of aromatic hydroxyl groups is 1. The van der Waals surface area contributed by atoms with Crippen LogP contribution in [0.15, 0.2) is 42.7 Å². The Balaban J connectivity index is 2.39. The number of phenolic OH excluding ortho intramolecular Hbond substituents is 1. The zero-order valence-corrected chi connectivity index (χ0v) is 15.0. The third kappa shape index (κ3) is 2.88. The van der Waals surface area contributed by atoms with Crippen molar-refractivity contribution in [2.45, 2.75) is 20.8 Å². The standard InChI is InChI=1S/C21H21N3O2/c1-11-4-5-18(25)13(3)19(11)16-8-14(9-17(20(16)22)21(23)26)15-6-7-24-10-12(15)2/h4-10,25H,22H2,1-3H3,(H2,23,26). The summed E-state index contributed by atoms with van der Waals surface area (Å²) in [5.74, 6) is -0.413. The fourth-order valence-corrected chi connectivity index (χ4v) is 3.27. The van der Waals surface area contributed by atoms with Crippen molar-refractivity contribution in [1.82, 2.24) is 4.98 Å². The number of amides is 1. The minimum absolute atomic E-state index is 0.177. The number of primary amides is 1. The molecule has 1 aromatic heterocycles. The van der Waals surface area contributed by atoms with Crippen molar-refractivity contribution in [3.63, 3.8) is 0 Å². The lowest BCUT2D eigenvalue weighted by molar-refractivity contribution is 0.100. The lowest BCUT2D eigenvalue weighted by atomic mass is 9.88. The van der Waals surface area contributed by atoms with Crippen molar-refractivity contribution < 1.29 is 9.90 Å². The monoisotopic (exact) mass is 347 g/mol. The Labute approximate surface area is 152 Å².